The van der Waals surface area contributed by atoms with Crippen molar-refractivity contribution in [1.82, 2.24) is 0 Å². The van der Waals surface area contributed by atoms with E-state index in [1.165, 1.54) is 0 Å². The SMILES string of the molecule is CCOC(=O)CCCN(CCCSOOO)c1ccc(C2C(=O)C(=C3C=CC(=[N+](CCCSOOO)CCCC(=O)OCC)C=C3)C2=O)cc1. The van der Waals surface area contributed by atoms with Gasteiger partial charge in [-0.25, -0.2) is 15.1 Å². The van der Waals surface area contributed by atoms with Crippen LogP contribution in [0.2, 0.25) is 0 Å². The van der Waals surface area contributed by atoms with Crippen LogP contribution >= 0.6 is 24.1 Å². The highest BCUT2D eigenvalue weighted by molar-refractivity contribution is 7.94. The second-order valence-corrected chi connectivity index (χ2v) is 12.7. The average molecular weight is 738 g/mol. The molecule has 0 spiro atoms. The number of carbonyl (C=O) groups is 4. The van der Waals surface area contributed by atoms with Crippen LogP contribution in [-0.2, 0) is 47.4 Å². The van der Waals surface area contributed by atoms with Gasteiger partial charge < -0.3 is 14.4 Å². The van der Waals surface area contributed by atoms with Crippen molar-refractivity contribution in [1.29, 1.82) is 0 Å². The molecule has 1 saturated carbocycles. The highest BCUT2D eigenvalue weighted by Crippen LogP contribution is 2.37. The maximum absolute atomic E-state index is 13.3. The van der Waals surface area contributed by atoms with Crippen LogP contribution in [0.5, 0.6) is 0 Å². The smallest absolute Gasteiger partial charge is 0.306 e. The van der Waals surface area contributed by atoms with E-state index in [9.17, 15) is 19.2 Å². The third kappa shape index (κ3) is 13.1. The van der Waals surface area contributed by atoms with Crippen molar-refractivity contribution in [2.24, 2.45) is 0 Å². The molecule has 1 fully saturated rings. The van der Waals surface area contributed by atoms with Crippen LogP contribution in [0.3, 0.4) is 0 Å². The van der Waals surface area contributed by atoms with Gasteiger partial charge in [0.2, 0.25) is 0 Å². The zero-order valence-electron chi connectivity index (χ0n) is 28.3. The fourth-order valence-electron chi connectivity index (χ4n) is 5.53. The van der Waals surface area contributed by atoms with Crippen LogP contribution in [0.15, 0.2) is 59.7 Å². The van der Waals surface area contributed by atoms with Gasteiger partial charge in [-0.05, 0) is 62.1 Å². The Hall–Kier alpha value is -3.35. The van der Waals surface area contributed by atoms with Gasteiger partial charge in [-0.3, -0.25) is 19.2 Å². The lowest BCUT2D eigenvalue weighted by molar-refractivity contribution is -0.526. The first-order valence-electron chi connectivity index (χ1n) is 16.5. The minimum atomic E-state index is -0.870. The number of carbonyl (C=O) groups excluding carboxylic acids is 4. The zero-order valence-corrected chi connectivity index (χ0v) is 29.9. The molecular formula is C34H45N2O12S2+. The lowest BCUT2D eigenvalue weighted by atomic mass is 9.70. The summed E-state index contributed by atoms with van der Waals surface area (Å²) in [5, 5.41) is 23.9. The molecule has 0 aliphatic heterocycles. The van der Waals surface area contributed by atoms with Gasteiger partial charge in [0, 0.05) is 85.8 Å². The quantitative estimate of drug-likeness (QED) is 0.0163. The molecule has 1 aromatic carbocycles. The number of benzene rings is 1. The monoisotopic (exact) mass is 737 g/mol. The van der Waals surface area contributed by atoms with Gasteiger partial charge in [0.1, 0.15) is 19.0 Å². The number of anilines is 1. The van der Waals surface area contributed by atoms with Crippen LogP contribution in [0, 0.1) is 0 Å². The lowest BCUT2D eigenvalue weighted by Crippen LogP contribution is -2.39. The molecule has 0 heterocycles. The first kappa shape index (κ1) is 41.1. The van der Waals surface area contributed by atoms with Crippen molar-refractivity contribution >= 4 is 59.0 Å². The first-order valence-corrected chi connectivity index (χ1v) is 18.3. The highest BCUT2D eigenvalue weighted by Gasteiger charge is 2.46. The summed E-state index contributed by atoms with van der Waals surface area (Å²) in [6.07, 6.45) is 10.4. The Morgan fingerprint density at radius 3 is 1.88 bits per heavy atom. The Balaban J connectivity index is 1.68. The van der Waals surface area contributed by atoms with E-state index in [0.29, 0.717) is 87.7 Å². The Labute approximate surface area is 300 Å². The molecule has 0 amide bonds. The summed E-state index contributed by atoms with van der Waals surface area (Å²) in [6.45, 7) is 6.62. The summed E-state index contributed by atoms with van der Waals surface area (Å²) >= 11 is 1.94. The Morgan fingerprint density at radius 2 is 1.30 bits per heavy atom. The summed E-state index contributed by atoms with van der Waals surface area (Å²) in [7, 11) is 0. The molecule has 2 N–H and O–H groups in total. The standard InChI is InChI=1S/C34H44N2O12S2/c1-3-43-29(37)9-5-19-35(21-7-23-49-47-45-41)27-15-11-25(12-16-27)31-33(39)32(34(31)40)26-13-17-28(18-14-26)36(22-8-24-50-48-46-42)20-6-10-30(38)44-4-2/h11-18,31H,3-10,19-24H2,1-2H3,(H-,41,42)/p+1. The number of ether oxygens (including phenoxy) is 2. The fourth-order valence-corrected chi connectivity index (χ4v) is 6.25. The number of hydrogen-bond donors (Lipinski definition) is 2. The van der Waals surface area contributed by atoms with E-state index in [4.69, 9.17) is 20.0 Å². The minimum Gasteiger partial charge on any atom is -0.466 e. The Kier molecular flexibility index (Phi) is 19.0. The zero-order chi connectivity index (χ0) is 36.1. The third-order valence-corrected chi connectivity index (χ3v) is 9.05. The molecule has 16 heteroatoms. The normalized spacial score (nSPS) is 15.4. The lowest BCUT2D eigenvalue weighted by Gasteiger charge is -2.29. The van der Waals surface area contributed by atoms with Gasteiger partial charge in [0.05, 0.1) is 25.2 Å². The predicted molar refractivity (Wildman–Crippen MR) is 187 cm³/mol. The van der Waals surface area contributed by atoms with Crippen molar-refractivity contribution in [3.63, 3.8) is 0 Å². The van der Waals surface area contributed by atoms with Gasteiger partial charge in [-0.2, -0.15) is 0 Å². The van der Waals surface area contributed by atoms with Gasteiger partial charge in [-0.1, -0.05) is 22.2 Å². The van der Waals surface area contributed by atoms with Gasteiger partial charge in [0.25, 0.3) is 0 Å². The predicted octanol–water partition coefficient (Wildman–Crippen LogP) is 5.21. The number of rotatable bonds is 24. The summed E-state index contributed by atoms with van der Waals surface area (Å²) in [4.78, 5) is 52.4. The van der Waals surface area contributed by atoms with Crippen molar-refractivity contribution in [3.8, 4) is 0 Å². The number of nitrogens with zero attached hydrogens (tertiary/aromatic N) is 2. The minimum absolute atomic E-state index is 0.171. The van der Waals surface area contributed by atoms with E-state index in [1.54, 1.807) is 38.1 Å². The molecular weight excluding hydrogens is 693 g/mol. The Morgan fingerprint density at radius 1 is 0.760 bits per heavy atom. The van der Waals surface area contributed by atoms with Crippen LogP contribution in [-0.4, -0.2) is 95.2 Å². The molecule has 3 rings (SSSR count). The maximum Gasteiger partial charge on any atom is 0.306 e. The van der Waals surface area contributed by atoms with Crippen molar-refractivity contribution in [2.45, 2.75) is 58.3 Å². The first-order chi connectivity index (χ1) is 24.3. The third-order valence-electron chi connectivity index (χ3n) is 7.83. The average Bonchev–Trinajstić information content (AvgIpc) is 3.11. The van der Waals surface area contributed by atoms with Crippen LogP contribution in [0.25, 0.3) is 0 Å². The molecule has 2 aliphatic rings. The summed E-state index contributed by atoms with van der Waals surface area (Å²) in [5.74, 6) is -0.743. The number of Topliss-reactive ketones (excluding diaryl/α,β-unsaturated/α-hetero) is 2. The van der Waals surface area contributed by atoms with Gasteiger partial charge in [0.15, 0.2) is 17.3 Å². The number of esters is 2. The number of allylic oxidation sites excluding steroid dienone is 6. The molecule has 274 valence electrons. The molecule has 0 unspecified atom stereocenters. The summed E-state index contributed by atoms with van der Waals surface area (Å²) < 4.78 is 21.1. The topological polar surface area (TPSA) is 170 Å². The number of ketones is 2. The Bertz CT molecular complexity index is 1380. The van der Waals surface area contributed by atoms with E-state index in [0.717, 1.165) is 35.5 Å². The van der Waals surface area contributed by atoms with E-state index in [2.05, 4.69) is 28.2 Å². The molecule has 50 heavy (non-hydrogen) atoms. The van der Waals surface area contributed by atoms with Crippen molar-refractivity contribution in [3.05, 3.63) is 65.3 Å². The van der Waals surface area contributed by atoms with Gasteiger partial charge >= 0.3 is 11.9 Å². The molecule has 0 saturated heterocycles. The van der Waals surface area contributed by atoms with E-state index >= 15 is 0 Å². The van der Waals surface area contributed by atoms with Crippen LogP contribution in [0.1, 0.15) is 63.9 Å². The summed E-state index contributed by atoms with van der Waals surface area (Å²) in [6, 6.07) is 7.31. The van der Waals surface area contributed by atoms with Crippen LogP contribution in [0.4, 0.5) is 5.69 Å². The number of hydrogen-bond acceptors (Lipinski definition) is 15. The van der Waals surface area contributed by atoms with Crippen molar-refractivity contribution < 1.29 is 62.5 Å². The summed E-state index contributed by atoms with van der Waals surface area (Å²) in [5.41, 5.74) is 3.08. The van der Waals surface area contributed by atoms with Crippen molar-refractivity contribution in [2.75, 3.05) is 55.8 Å². The molecule has 0 aromatic heterocycles. The second kappa shape index (κ2) is 23.2. The highest BCUT2D eigenvalue weighted by atomic mass is 32.2. The fraction of sp³-hybridized carbons (Fsp3) is 0.500. The van der Waals surface area contributed by atoms with Crippen LogP contribution < -0.4 is 4.90 Å². The van der Waals surface area contributed by atoms with E-state index < -0.39 is 5.92 Å². The molecule has 1 aromatic rings. The van der Waals surface area contributed by atoms with E-state index in [1.807, 2.05) is 24.3 Å². The molecule has 0 atom stereocenters. The van der Waals surface area contributed by atoms with E-state index in [-0.39, 0.29) is 41.9 Å². The molecule has 0 radical (unpaired) electrons. The largest absolute Gasteiger partial charge is 0.466 e. The molecule has 14 nitrogen and oxygen atoms in total. The van der Waals surface area contributed by atoms with Gasteiger partial charge in [-0.15, -0.1) is 8.67 Å². The molecule has 0 bridgehead atoms. The maximum atomic E-state index is 13.3. The molecule has 2 aliphatic carbocycles. The second-order valence-electron chi connectivity index (χ2n) is 11.1.